The SMILES string of the molecule is CNC(=O)NC(=O)[C@@H](C)OC(=O)c1c2c(nc3ccccc13)/C(=C/c1ccco1)CC2. The van der Waals surface area contributed by atoms with Gasteiger partial charge < -0.3 is 14.5 Å². The fourth-order valence-electron chi connectivity index (χ4n) is 3.61. The molecule has 0 spiro atoms. The third-order valence-electron chi connectivity index (χ3n) is 5.12. The zero-order valence-electron chi connectivity index (χ0n) is 17.1. The molecule has 0 saturated heterocycles. The van der Waals surface area contributed by atoms with E-state index in [2.05, 4.69) is 10.6 Å². The van der Waals surface area contributed by atoms with Crippen molar-refractivity contribution in [1.29, 1.82) is 0 Å². The van der Waals surface area contributed by atoms with Crippen LogP contribution in [0.1, 0.15) is 40.7 Å². The van der Waals surface area contributed by atoms with Crippen LogP contribution in [0.2, 0.25) is 0 Å². The van der Waals surface area contributed by atoms with Gasteiger partial charge in [-0.25, -0.2) is 14.6 Å². The average Bonchev–Trinajstić information content (AvgIpc) is 3.42. The van der Waals surface area contributed by atoms with Crippen molar-refractivity contribution in [3.05, 3.63) is 65.2 Å². The number of esters is 1. The molecule has 31 heavy (non-hydrogen) atoms. The topological polar surface area (TPSA) is 111 Å². The molecule has 2 N–H and O–H groups in total. The van der Waals surface area contributed by atoms with Crippen LogP contribution in [0.5, 0.6) is 0 Å². The monoisotopic (exact) mass is 419 g/mol. The Bertz CT molecular complexity index is 1200. The molecule has 8 nitrogen and oxygen atoms in total. The van der Waals surface area contributed by atoms with E-state index < -0.39 is 24.0 Å². The van der Waals surface area contributed by atoms with Gasteiger partial charge in [-0.2, -0.15) is 0 Å². The number of carbonyl (C=O) groups excluding carboxylic acids is 3. The number of urea groups is 1. The molecule has 0 radical (unpaired) electrons. The van der Waals surface area contributed by atoms with E-state index in [0.29, 0.717) is 35.1 Å². The van der Waals surface area contributed by atoms with Gasteiger partial charge in [0.1, 0.15) is 5.76 Å². The summed E-state index contributed by atoms with van der Waals surface area (Å²) < 4.78 is 10.8. The lowest BCUT2D eigenvalue weighted by Gasteiger charge is -2.16. The van der Waals surface area contributed by atoms with E-state index in [9.17, 15) is 14.4 Å². The normalized spacial score (nSPS) is 14.8. The molecule has 1 aliphatic rings. The highest BCUT2D eigenvalue weighted by atomic mass is 16.5. The lowest BCUT2D eigenvalue weighted by atomic mass is 10.0. The summed E-state index contributed by atoms with van der Waals surface area (Å²) in [5.74, 6) is -0.629. The highest BCUT2D eigenvalue weighted by Gasteiger charge is 2.29. The first-order chi connectivity index (χ1) is 15.0. The number of ether oxygens (including phenoxy) is 1. The van der Waals surface area contributed by atoms with Crippen molar-refractivity contribution in [3.8, 4) is 0 Å². The molecule has 3 amide bonds. The van der Waals surface area contributed by atoms with E-state index in [1.54, 1.807) is 6.26 Å². The molecule has 1 aromatic carbocycles. The van der Waals surface area contributed by atoms with Crippen LogP contribution in [0.3, 0.4) is 0 Å². The predicted molar refractivity (Wildman–Crippen MR) is 114 cm³/mol. The van der Waals surface area contributed by atoms with Crippen LogP contribution in [0.4, 0.5) is 4.79 Å². The zero-order valence-corrected chi connectivity index (χ0v) is 17.1. The quantitative estimate of drug-likeness (QED) is 0.628. The summed E-state index contributed by atoms with van der Waals surface area (Å²) in [5.41, 5.74) is 3.52. The number of fused-ring (bicyclic) bond motifs is 2. The van der Waals surface area contributed by atoms with Crippen LogP contribution < -0.4 is 10.6 Å². The standard InChI is InChI=1S/C23H21N3O5/c1-13(21(27)26-23(29)24-2)31-22(28)19-16-7-3-4-8-18(16)25-20-14(9-10-17(19)20)12-15-6-5-11-30-15/h3-8,11-13H,9-10H2,1-2H3,(H2,24,26,27,29)/b14-12+/t13-/m1/s1. The number of benzene rings is 1. The molecular formula is C23H21N3O5. The third kappa shape index (κ3) is 4.05. The minimum absolute atomic E-state index is 0.392. The molecule has 8 heteroatoms. The Morgan fingerprint density at radius 1 is 1.16 bits per heavy atom. The van der Waals surface area contributed by atoms with Crippen LogP contribution >= 0.6 is 0 Å². The molecule has 1 atom stereocenters. The Kier molecular flexibility index (Phi) is 5.53. The van der Waals surface area contributed by atoms with E-state index in [1.165, 1.54) is 14.0 Å². The van der Waals surface area contributed by atoms with Gasteiger partial charge in [-0.15, -0.1) is 0 Å². The number of furan rings is 1. The van der Waals surface area contributed by atoms with Crippen molar-refractivity contribution in [3.63, 3.8) is 0 Å². The Balaban J connectivity index is 1.72. The largest absolute Gasteiger partial charge is 0.465 e. The van der Waals surface area contributed by atoms with Gasteiger partial charge in [0.15, 0.2) is 6.10 Å². The molecular weight excluding hydrogens is 398 g/mol. The van der Waals surface area contributed by atoms with Gasteiger partial charge in [-0.1, -0.05) is 18.2 Å². The summed E-state index contributed by atoms with van der Waals surface area (Å²) >= 11 is 0. The molecule has 4 rings (SSSR count). The summed E-state index contributed by atoms with van der Waals surface area (Å²) in [4.78, 5) is 41.4. The fourth-order valence-corrected chi connectivity index (χ4v) is 3.61. The molecule has 2 aromatic heterocycles. The molecule has 2 heterocycles. The Hall–Kier alpha value is -3.94. The minimum atomic E-state index is -1.15. The van der Waals surface area contributed by atoms with E-state index in [-0.39, 0.29) is 0 Å². The maximum Gasteiger partial charge on any atom is 0.339 e. The second kappa shape index (κ2) is 8.43. The fraction of sp³-hybridized carbons (Fsp3) is 0.217. The number of hydrogen-bond acceptors (Lipinski definition) is 6. The van der Waals surface area contributed by atoms with Crippen molar-refractivity contribution < 1.29 is 23.5 Å². The summed E-state index contributed by atoms with van der Waals surface area (Å²) in [6.07, 6.45) is 3.69. The lowest BCUT2D eigenvalue weighted by molar-refractivity contribution is -0.127. The van der Waals surface area contributed by atoms with Gasteiger partial charge in [-0.3, -0.25) is 10.1 Å². The van der Waals surface area contributed by atoms with Gasteiger partial charge in [0.05, 0.1) is 23.0 Å². The van der Waals surface area contributed by atoms with Crippen molar-refractivity contribution in [2.75, 3.05) is 7.05 Å². The van der Waals surface area contributed by atoms with Gasteiger partial charge in [0, 0.05) is 12.4 Å². The summed E-state index contributed by atoms with van der Waals surface area (Å²) in [7, 11) is 1.39. The number of imide groups is 1. The Morgan fingerprint density at radius 3 is 2.71 bits per heavy atom. The highest BCUT2D eigenvalue weighted by Crippen LogP contribution is 2.37. The lowest BCUT2D eigenvalue weighted by Crippen LogP contribution is -2.43. The number of nitrogens with zero attached hydrogens (tertiary/aromatic N) is 1. The number of rotatable bonds is 4. The molecule has 158 valence electrons. The van der Waals surface area contributed by atoms with Crippen LogP contribution in [0.15, 0.2) is 47.1 Å². The van der Waals surface area contributed by atoms with Crippen LogP contribution in [-0.4, -0.2) is 36.0 Å². The van der Waals surface area contributed by atoms with E-state index >= 15 is 0 Å². The number of carbonyl (C=O) groups is 3. The summed E-state index contributed by atoms with van der Waals surface area (Å²) in [6.45, 7) is 1.42. The highest BCUT2D eigenvalue weighted by molar-refractivity contribution is 6.08. The second-order valence-electron chi connectivity index (χ2n) is 7.13. The van der Waals surface area contributed by atoms with Gasteiger partial charge >= 0.3 is 12.0 Å². The van der Waals surface area contributed by atoms with Gasteiger partial charge in [-0.05, 0) is 55.2 Å². The van der Waals surface area contributed by atoms with E-state index in [1.807, 2.05) is 42.5 Å². The molecule has 0 fully saturated rings. The van der Waals surface area contributed by atoms with Crippen LogP contribution in [0.25, 0.3) is 22.6 Å². The molecule has 1 aliphatic carbocycles. The maximum atomic E-state index is 13.1. The van der Waals surface area contributed by atoms with Crippen LogP contribution in [-0.2, 0) is 16.0 Å². The number of amides is 3. The number of para-hydroxylation sites is 1. The molecule has 0 saturated carbocycles. The predicted octanol–water partition coefficient (Wildman–Crippen LogP) is 3.32. The number of nitrogens with one attached hydrogen (secondary N) is 2. The number of pyridine rings is 1. The number of aromatic nitrogens is 1. The van der Waals surface area contributed by atoms with Gasteiger partial charge in [0.2, 0.25) is 0 Å². The van der Waals surface area contributed by atoms with Crippen molar-refractivity contribution in [2.24, 2.45) is 0 Å². The Labute approximate surface area is 178 Å². The first-order valence-electron chi connectivity index (χ1n) is 9.87. The zero-order chi connectivity index (χ0) is 22.0. The molecule has 0 bridgehead atoms. The third-order valence-corrected chi connectivity index (χ3v) is 5.12. The maximum absolute atomic E-state index is 13.1. The first kappa shape index (κ1) is 20.3. The van der Waals surface area contributed by atoms with E-state index in [4.69, 9.17) is 14.1 Å². The van der Waals surface area contributed by atoms with Gasteiger partial charge in [0.25, 0.3) is 5.91 Å². The van der Waals surface area contributed by atoms with Crippen molar-refractivity contribution >= 4 is 40.5 Å². The second-order valence-corrected chi connectivity index (χ2v) is 7.13. The average molecular weight is 419 g/mol. The van der Waals surface area contributed by atoms with E-state index in [0.717, 1.165) is 16.8 Å². The van der Waals surface area contributed by atoms with Crippen LogP contribution in [0, 0.1) is 0 Å². The first-order valence-corrected chi connectivity index (χ1v) is 9.87. The number of allylic oxidation sites excluding steroid dienone is 1. The number of hydrogen-bond donors (Lipinski definition) is 2. The summed E-state index contributed by atoms with van der Waals surface area (Å²) in [6, 6.07) is 10.3. The molecule has 0 aliphatic heterocycles. The molecule has 3 aromatic rings. The van der Waals surface area contributed by atoms with Crippen molar-refractivity contribution in [2.45, 2.75) is 25.9 Å². The van der Waals surface area contributed by atoms with Crippen molar-refractivity contribution in [1.82, 2.24) is 15.6 Å². The smallest absolute Gasteiger partial charge is 0.339 e. The molecule has 0 unspecified atom stereocenters. The summed E-state index contributed by atoms with van der Waals surface area (Å²) in [5, 5.41) is 5.05. The Morgan fingerprint density at radius 2 is 1.97 bits per heavy atom. The minimum Gasteiger partial charge on any atom is -0.465 e.